The van der Waals surface area contributed by atoms with E-state index in [0.29, 0.717) is 0 Å². The third-order valence-electron chi connectivity index (χ3n) is 3.85. The molecule has 0 amide bonds. The Labute approximate surface area is 108 Å². The van der Waals surface area contributed by atoms with Crippen molar-refractivity contribution in [3.63, 3.8) is 0 Å². The summed E-state index contributed by atoms with van der Waals surface area (Å²) in [5, 5.41) is 10.7. The number of hydrogen-bond donors (Lipinski definition) is 2. The molecule has 3 nitrogen and oxygen atoms in total. The van der Waals surface area contributed by atoms with Crippen molar-refractivity contribution < 1.29 is 0 Å². The molecule has 0 bridgehead atoms. The van der Waals surface area contributed by atoms with E-state index in [1.54, 1.807) is 0 Å². The Morgan fingerprint density at radius 1 is 1.22 bits per heavy atom. The zero-order chi connectivity index (χ0) is 12.5. The summed E-state index contributed by atoms with van der Waals surface area (Å²) >= 11 is 0. The highest BCUT2D eigenvalue weighted by molar-refractivity contribution is 5.50. The molecule has 3 rings (SSSR count). The lowest BCUT2D eigenvalue weighted by Gasteiger charge is -2.08. The molecule has 1 aliphatic carbocycles. The van der Waals surface area contributed by atoms with E-state index in [4.69, 9.17) is 0 Å². The van der Waals surface area contributed by atoms with Gasteiger partial charge in [-0.05, 0) is 56.4 Å². The van der Waals surface area contributed by atoms with Gasteiger partial charge >= 0.3 is 0 Å². The molecule has 1 aromatic carbocycles. The maximum atomic E-state index is 4.22. The fourth-order valence-electron chi connectivity index (χ4n) is 2.71. The van der Waals surface area contributed by atoms with Crippen LogP contribution in [-0.4, -0.2) is 10.2 Å². The molecule has 1 aliphatic rings. The predicted octanol–water partition coefficient (Wildman–Crippen LogP) is 3.13. The molecular formula is C15H19N3. The summed E-state index contributed by atoms with van der Waals surface area (Å²) < 4.78 is 0. The van der Waals surface area contributed by atoms with E-state index in [1.165, 1.54) is 41.6 Å². The summed E-state index contributed by atoms with van der Waals surface area (Å²) in [5.74, 6) is 0. The Balaban J connectivity index is 1.74. The van der Waals surface area contributed by atoms with Crippen LogP contribution in [-0.2, 0) is 19.4 Å². The third-order valence-corrected chi connectivity index (χ3v) is 3.85. The van der Waals surface area contributed by atoms with Crippen LogP contribution < -0.4 is 5.32 Å². The molecule has 0 aliphatic heterocycles. The molecule has 94 valence electrons. The van der Waals surface area contributed by atoms with Gasteiger partial charge in [-0.3, -0.25) is 5.10 Å². The monoisotopic (exact) mass is 241 g/mol. The van der Waals surface area contributed by atoms with Crippen molar-refractivity contribution in [2.24, 2.45) is 0 Å². The maximum Gasteiger partial charge on any atom is 0.0643 e. The molecule has 0 unspecified atom stereocenters. The van der Waals surface area contributed by atoms with Gasteiger partial charge in [0.15, 0.2) is 0 Å². The molecule has 18 heavy (non-hydrogen) atoms. The predicted molar refractivity (Wildman–Crippen MR) is 73.9 cm³/mol. The highest BCUT2D eigenvalue weighted by Gasteiger charge is 2.11. The van der Waals surface area contributed by atoms with Crippen molar-refractivity contribution in [2.45, 2.75) is 39.7 Å². The molecule has 3 heteroatoms. The summed E-state index contributed by atoms with van der Waals surface area (Å²) in [7, 11) is 0. The van der Waals surface area contributed by atoms with E-state index >= 15 is 0 Å². The lowest BCUT2D eigenvalue weighted by atomic mass is 10.1. The summed E-state index contributed by atoms with van der Waals surface area (Å²) in [4.78, 5) is 0. The van der Waals surface area contributed by atoms with Gasteiger partial charge < -0.3 is 5.32 Å². The normalized spacial score (nSPS) is 13.7. The van der Waals surface area contributed by atoms with Crippen molar-refractivity contribution >= 4 is 5.69 Å². The van der Waals surface area contributed by atoms with Crippen LogP contribution in [0.25, 0.3) is 0 Å². The molecule has 1 heterocycles. The third kappa shape index (κ3) is 2.01. The number of anilines is 1. The fourth-order valence-corrected chi connectivity index (χ4v) is 2.71. The Bertz CT molecular complexity index is 550. The Kier molecular flexibility index (Phi) is 2.82. The van der Waals surface area contributed by atoms with Gasteiger partial charge in [-0.2, -0.15) is 5.10 Å². The zero-order valence-corrected chi connectivity index (χ0v) is 11.0. The lowest BCUT2D eigenvalue weighted by Crippen LogP contribution is -2.02. The zero-order valence-electron chi connectivity index (χ0n) is 11.0. The Morgan fingerprint density at radius 3 is 2.83 bits per heavy atom. The van der Waals surface area contributed by atoms with E-state index in [0.717, 1.165) is 17.9 Å². The highest BCUT2D eigenvalue weighted by Crippen LogP contribution is 2.25. The van der Waals surface area contributed by atoms with Crippen LogP contribution >= 0.6 is 0 Å². The smallest absolute Gasteiger partial charge is 0.0643 e. The van der Waals surface area contributed by atoms with Crippen LogP contribution in [0.2, 0.25) is 0 Å². The summed E-state index contributed by atoms with van der Waals surface area (Å²) in [5.41, 5.74) is 7.77. The van der Waals surface area contributed by atoms with Crippen molar-refractivity contribution in [3.8, 4) is 0 Å². The number of rotatable bonds is 3. The minimum Gasteiger partial charge on any atom is -0.381 e. The van der Waals surface area contributed by atoms with Crippen LogP contribution in [0.15, 0.2) is 18.2 Å². The van der Waals surface area contributed by atoms with Crippen molar-refractivity contribution in [2.75, 3.05) is 5.32 Å². The van der Waals surface area contributed by atoms with Crippen molar-refractivity contribution in [1.29, 1.82) is 0 Å². The van der Waals surface area contributed by atoms with Crippen molar-refractivity contribution in [1.82, 2.24) is 10.2 Å². The molecule has 0 radical (unpaired) electrons. The molecular weight excluding hydrogens is 222 g/mol. The largest absolute Gasteiger partial charge is 0.381 e. The summed E-state index contributed by atoms with van der Waals surface area (Å²) in [6, 6.07) is 6.75. The maximum absolute atomic E-state index is 4.22. The number of aromatic nitrogens is 2. The fraction of sp³-hybridized carbons (Fsp3) is 0.400. The first-order valence-electron chi connectivity index (χ1n) is 6.60. The van der Waals surface area contributed by atoms with Crippen LogP contribution in [0.4, 0.5) is 5.69 Å². The number of benzene rings is 1. The number of hydrogen-bond acceptors (Lipinski definition) is 2. The van der Waals surface area contributed by atoms with Crippen LogP contribution in [0.5, 0.6) is 0 Å². The number of H-pyrrole nitrogens is 1. The van der Waals surface area contributed by atoms with Gasteiger partial charge in [-0.15, -0.1) is 0 Å². The summed E-state index contributed by atoms with van der Waals surface area (Å²) in [6.07, 6.45) is 3.78. The number of aryl methyl sites for hydroxylation is 4. The van der Waals surface area contributed by atoms with Crippen LogP contribution in [0.3, 0.4) is 0 Å². The molecule has 2 aromatic rings. The van der Waals surface area contributed by atoms with E-state index in [9.17, 15) is 0 Å². The van der Waals surface area contributed by atoms with Gasteiger partial charge in [0.25, 0.3) is 0 Å². The number of fused-ring (bicyclic) bond motifs is 1. The Hall–Kier alpha value is -1.77. The second-order valence-electron chi connectivity index (χ2n) is 5.10. The van der Waals surface area contributed by atoms with Gasteiger partial charge in [0, 0.05) is 23.5 Å². The van der Waals surface area contributed by atoms with Crippen LogP contribution in [0.1, 0.15) is 34.5 Å². The van der Waals surface area contributed by atoms with E-state index in [2.05, 4.69) is 40.6 Å². The van der Waals surface area contributed by atoms with Gasteiger partial charge in [-0.25, -0.2) is 0 Å². The van der Waals surface area contributed by atoms with E-state index in [-0.39, 0.29) is 0 Å². The second-order valence-corrected chi connectivity index (χ2v) is 5.10. The van der Waals surface area contributed by atoms with E-state index in [1.807, 2.05) is 6.92 Å². The lowest BCUT2D eigenvalue weighted by molar-refractivity contribution is 0.912. The Morgan fingerprint density at radius 2 is 2.06 bits per heavy atom. The molecule has 0 spiro atoms. The van der Waals surface area contributed by atoms with Gasteiger partial charge in [0.05, 0.1) is 5.69 Å². The van der Waals surface area contributed by atoms with Crippen LogP contribution in [0, 0.1) is 13.8 Å². The van der Waals surface area contributed by atoms with E-state index < -0.39 is 0 Å². The highest BCUT2D eigenvalue weighted by atomic mass is 15.1. The molecule has 0 saturated carbocycles. The first-order chi connectivity index (χ1) is 8.74. The topological polar surface area (TPSA) is 40.7 Å². The molecule has 1 aromatic heterocycles. The molecule has 0 saturated heterocycles. The number of aromatic amines is 1. The average molecular weight is 241 g/mol. The molecule has 0 atom stereocenters. The average Bonchev–Trinajstić information content (AvgIpc) is 2.94. The van der Waals surface area contributed by atoms with Gasteiger partial charge in [-0.1, -0.05) is 6.07 Å². The molecule has 2 N–H and O–H groups in total. The van der Waals surface area contributed by atoms with Gasteiger partial charge in [0.2, 0.25) is 0 Å². The standard InChI is InChI=1S/C15H19N3/c1-10-15(11(2)18-17-10)9-16-14-7-6-12-4-3-5-13(12)8-14/h6-8,16H,3-5,9H2,1-2H3,(H,17,18). The SMILES string of the molecule is Cc1n[nH]c(C)c1CNc1ccc2c(c1)CCC2. The summed E-state index contributed by atoms with van der Waals surface area (Å²) in [6.45, 7) is 4.95. The number of nitrogens with one attached hydrogen (secondary N) is 2. The second kappa shape index (κ2) is 4.48. The quantitative estimate of drug-likeness (QED) is 0.866. The minimum atomic E-state index is 0.840. The number of nitrogens with zero attached hydrogens (tertiary/aromatic N) is 1. The first kappa shape index (κ1) is 11.3. The minimum absolute atomic E-state index is 0.840. The van der Waals surface area contributed by atoms with Crippen molar-refractivity contribution in [3.05, 3.63) is 46.3 Å². The molecule has 0 fully saturated rings. The van der Waals surface area contributed by atoms with Gasteiger partial charge in [0.1, 0.15) is 0 Å². The first-order valence-corrected chi connectivity index (χ1v) is 6.60.